The van der Waals surface area contributed by atoms with Crippen LogP contribution in [0, 0.1) is 0 Å². The van der Waals surface area contributed by atoms with E-state index in [1.54, 1.807) is 7.11 Å². The molecule has 2 aliphatic heterocycles. The van der Waals surface area contributed by atoms with Gasteiger partial charge in [-0.3, -0.25) is 0 Å². The van der Waals surface area contributed by atoms with Crippen LogP contribution in [0.3, 0.4) is 0 Å². The molecule has 0 bridgehead atoms. The summed E-state index contributed by atoms with van der Waals surface area (Å²) in [7, 11) is 3.86. The first-order chi connectivity index (χ1) is 6.33. The SMILES string of the molecule is COC1=C2CNCCCN2N(C)C1. The topological polar surface area (TPSA) is 27.7 Å². The lowest BCUT2D eigenvalue weighted by Gasteiger charge is -2.26. The Morgan fingerprint density at radius 2 is 2.31 bits per heavy atom. The summed E-state index contributed by atoms with van der Waals surface area (Å²) < 4.78 is 5.36. The molecule has 0 saturated carbocycles. The number of ether oxygens (including phenoxy) is 1. The van der Waals surface area contributed by atoms with Crippen molar-refractivity contribution >= 4 is 0 Å². The number of hydrogen-bond donors (Lipinski definition) is 1. The Balaban J connectivity index is 2.20. The smallest absolute Gasteiger partial charge is 0.133 e. The van der Waals surface area contributed by atoms with Gasteiger partial charge in [-0.1, -0.05) is 0 Å². The standard InChI is InChI=1S/C9H17N3O/c1-11-7-9(13-2)8-6-10-4-3-5-12(8)11/h10H,3-7H2,1-2H3. The van der Waals surface area contributed by atoms with Crippen molar-refractivity contribution in [3.8, 4) is 0 Å². The van der Waals surface area contributed by atoms with Crippen LogP contribution in [0.1, 0.15) is 6.42 Å². The molecule has 4 nitrogen and oxygen atoms in total. The summed E-state index contributed by atoms with van der Waals surface area (Å²) in [4.78, 5) is 0. The third kappa shape index (κ3) is 1.51. The minimum Gasteiger partial charge on any atom is -0.498 e. The highest BCUT2D eigenvalue weighted by Gasteiger charge is 2.28. The second kappa shape index (κ2) is 3.55. The van der Waals surface area contributed by atoms with Crippen molar-refractivity contribution in [1.82, 2.24) is 15.3 Å². The van der Waals surface area contributed by atoms with Crippen molar-refractivity contribution in [3.05, 3.63) is 11.5 Å². The fourth-order valence-electron chi connectivity index (χ4n) is 1.97. The molecule has 2 heterocycles. The molecular formula is C9H17N3O. The Hall–Kier alpha value is -0.740. The van der Waals surface area contributed by atoms with Gasteiger partial charge in [0.15, 0.2) is 0 Å². The molecule has 74 valence electrons. The summed E-state index contributed by atoms with van der Waals surface area (Å²) in [5.41, 5.74) is 1.31. The van der Waals surface area contributed by atoms with E-state index < -0.39 is 0 Å². The van der Waals surface area contributed by atoms with Gasteiger partial charge in [0.1, 0.15) is 5.76 Å². The molecule has 2 aliphatic rings. The van der Waals surface area contributed by atoms with E-state index in [0.717, 1.165) is 31.9 Å². The Morgan fingerprint density at radius 3 is 3.08 bits per heavy atom. The zero-order valence-electron chi connectivity index (χ0n) is 8.34. The Kier molecular flexibility index (Phi) is 2.42. The van der Waals surface area contributed by atoms with E-state index in [9.17, 15) is 0 Å². The molecule has 1 saturated heterocycles. The third-order valence-corrected chi connectivity index (χ3v) is 2.68. The third-order valence-electron chi connectivity index (χ3n) is 2.68. The van der Waals surface area contributed by atoms with E-state index in [0.29, 0.717) is 0 Å². The quantitative estimate of drug-likeness (QED) is 0.619. The first-order valence-electron chi connectivity index (χ1n) is 4.78. The summed E-state index contributed by atoms with van der Waals surface area (Å²) >= 11 is 0. The largest absolute Gasteiger partial charge is 0.498 e. The van der Waals surface area contributed by atoms with E-state index in [2.05, 4.69) is 22.4 Å². The molecule has 0 atom stereocenters. The van der Waals surface area contributed by atoms with Crippen LogP contribution in [-0.4, -0.2) is 50.4 Å². The van der Waals surface area contributed by atoms with Gasteiger partial charge in [-0.2, -0.15) is 0 Å². The van der Waals surface area contributed by atoms with Gasteiger partial charge in [0.2, 0.25) is 0 Å². The van der Waals surface area contributed by atoms with Crippen LogP contribution in [0.25, 0.3) is 0 Å². The van der Waals surface area contributed by atoms with Crippen LogP contribution < -0.4 is 5.32 Å². The van der Waals surface area contributed by atoms with Gasteiger partial charge < -0.3 is 15.1 Å². The molecule has 13 heavy (non-hydrogen) atoms. The number of rotatable bonds is 1. The monoisotopic (exact) mass is 183 g/mol. The normalized spacial score (nSPS) is 24.6. The van der Waals surface area contributed by atoms with E-state index in [-0.39, 0.29) is 0 Å². The first kappa shape index (κ1) is 8.84. The minimum absolute atomic E-state index is 0.910. The van der Waals surface area contributed by atoms with Crippen molar-refractivity contribution in [2.45, 2.75) is 6.42 Å². The summed E-state index contributed by atoms with van der Waals surface area (Å²) in [6.07, 6.45) is 1.20. The summed E-state index contributed by atoms with van der Waals surface area (Å²) in [5, 5.41) is 7.94. The Labute approximate surface area is 79.1 Å². The lowest BCUT2D eigenvalue weighted by molar-refractivity contribution is 0.0695. The number of methoxy groups -OCH3 is 1. The second-order valence-corrected chi connectivity index (χ2v) is 3.54. The van der Waals surface area contributed by atoms with E-state index in [1.807, 2.05) is 0 Å². The lowest BCUT2D eigenvalue weighted by Crippen LogP contribution is -2.35. The highest BCUT2D eigenvalue weighted by atomic mass is 16.5. The molecule has 2 rings (SSSR count). The van der Waals surface area contributed by atoms with E-state index >= 15 is 0 Å². The number of nitrogens with zero attached hydrogens (tertiary/aromatic N) is 2. The van der Waals surface area contributed by atoms with Crippen molar-refractivity contribution < 1.29 is 4.74 Å². The lowest BCUT2D eigenvalue weighted by atomic mass is 10.3. The van der Waals surface area contributed by atoms with Crippen LogP contribution in [0.5, 0.6) is 0 Å². The molecular weight excluding hydrogens is 166 g/mol. The molecule has 0 aliphatic carbocycles. The average Bonchev–Trinajstić information content (AvgIpc) is 2.38. The summed E-state index contributed by atoms with van der Waals surface area (Å²) in [6.45, 7) is 4.05. The van der Waals surface area contributed by atoms with Gasteiger partial charge in [0.05, 0.1) is 19.4 Å². The van der Waals surface area contributed by atoms with Gasteiger partial charge in [0.25, 0.3) is 0 Å². The molecule has 0 aromatic rings. The zero-order chi connectivity index (χ0) is 9.26. The summed E-state index contributed by atoms with van der Waals surface area (Å²) in [5.74, 6) is 1.11. The average molecular weight is 183 g/mol. The van der Waals surface area contributed by atoms with E-state index in [1.165, 1.54) is 12.1 Å². The predicted molar refractivity (Wildman–Crippen MR) is 50.9 cm³/mol. The fraction of sp³-hybridized carbons (Fsp3) is 0.778. The maximum absolute atomic E-state index is 5.36. The van der Waals surface area contributed by atoms with Gasteiger partial charge in [-0.05, 0) is 13.0 Å². The first-order valence-corrected chi connectivity index (χ1v) is 4.78. The molecule has 0 amide bonds. The fourth-order valence-corrected chi connectivity index (χ4v) is 1.97. The Bertz CT molecular complexity index is 227. The molecule has 1 N–H and O–H groups in total. The van der Waals surface area contributed by atoms with Gasteiger partial charge in [-0.25, -0.2) is 5.01 Å². The van der Waals surface area contributed by atoms with Crippen LogP contribution in [0.4, 0.5) is 0 Å². The van der Waals surface area contributed by atoms with Crippen molar-refractivity contribution in [2.24, 2.45) is 0 Å². The summed E-state index contributed by atoms with van der Waals surface area (Å²) in [6, 6.07) is 0. The minimum atomic E-state index is 0.910. The molecule has 0 spiro atoms. The van der Waals surface area contributed by atoms with Crippen LogP contribution in [0.15, 0.2) is 11.5 Å². The van der Waals surface area contributed by atoms with Crippen molar-refractivity contribution in [3.63, 3.8) is 0 Å². The molecule has 0 radical (unpaired) electrons. The predicted octanol–water partition coefficient (Wildman–Crippen LogP) is 0.0001000. The van der Waals surface area contributed by atoms with Crippen molar-refractivity contribution in [2.75, 3.05) is 40.3 Å². The maximum atomic E-state index is 5.36. The molecule has 0 aromatic carbocycles. The van der Waals surface area contributed by atoms with E-state index in [4.69, 9.17) is 4.74 Å². The van der Waals surface area contributed by atoms with Crippen molar-refractivity contribution in [1.29, 1.82) is 0 Å². The zero-order valence-corrected chi connectivity index (χ0v) is 8.34. The highest BCUT2D eigenvalue weighted by molar-refractivity contribution is 5.16. The number of hydrazine groups is 1. The number of fused-ring (bicyclic) bond motifs is 1. The number of nitrogens with one attached hydrogen (secondary N) is 1. The molecule has 4 heteroatoms. The van der Waals surface area contributed by atoms with Crippen LogP contribution in [-0.2, 0) is 4.74 Å². The molecule has 1 fully saturated rings. The van der Waals surface area contributed by atoms with Gasteiger partial charge >= 0.3 is 0 Å². The Morgan fingerprint density at radius 1 is 1.46 bits per heavy atom. The number of likely N-dealkylation sites (N-methyl/N-ethyl adjacent to an activating group) is 1. The highest BCUT2D eigenvalue weighted by Crippen LogP contribution is 2.23. The van der Waals surface area contributed by atoms with Crippen LogP contribution in [0.2, 0.25) is 0 Å². The number of hydrogen-bond acceptors (Lipinski definition) is 4. The van der Waals surface area contributed by atoms with Crippen LogP contribution >= 0.6 is 0 Å². The second-order valence-electron chi connectivity index (χ2n) is 3.54. The maximum Gasteiger partial charge on any atom is 0.133 e. The molecule has 0 unspecified atom stereocenters. The van der Waals surface area contributed by atoms with Gasteiger partial charge in [-0.15, -0.1) is 0 Å². The molecule has 0 aromatic heterocycles. The van der Waals surface area contributed by atoms with Gasteiger partial charge in [0, 0.05) is 20.1 Å².